The standard InChI is InChI=1S/C19H22N4OS/c1-23(19(24)22-16-10-5-6-11-17(16)25-2)13-7-12-18-20-14-8-3-4-9-15(14)21-18/h3-6,8-11H,7,12-13H2,1-2H3,(H,20,21)(H,22,24). The van der Waals surface area contributed by atoms with Gasteiger partial charge in [0.05, 0.1) is 16.7 Å². The smallest absolute Gasteiger partial charge is 0.321 e. The van der Waals surface area contributed by atoms with Crippen molar-refractivity contribution >= 4 is 34.5 Å². The van der Waals surface area contributed by atoms with E-state index in [2.05, 4.69) is 15.3 Å². The highest BCUT2D eigenvalue weighted by Gasteiger charge is 2.11. The zero-order chi connectivity index (χ0) is 17.6. The molecule has 0 fully saturated rings. The van der Waals surface area contributed by atoms with Crippen molar-refractivity contribution < 1.29 is 4.79 Å². The average molecular weight is 354 g/mol. The van der Waals surface area contributed by atoms with Gasteiger partial charge >= 0.3 is 6.03 Å². The topological polar surface area (TPSA) is 61.0 Å². The molecule has 2 N–H and O–H groups in total. The number of aryl methyl sites for hydroxylation is 1. The fourth-order valence-corrected chi connectivity index (χ4v) is 3.22. The second-order valence-electron chi connectivity index (χ2n) is 5.86. The first-order valence-corrected chi connectivity index (χ1v) is 9.48. The normalized spacial score (nSPS) is 10.8. The highest BCUT2D eigenvalue weighted by atomic mass is 32.2. The molecule has 0 atom stereocenters. The number of aromatic amines is 1. The van der Waals surface area contributed by atoms with Crippen molar-refractivity contribution in [1.82, 2.24) is 14.9 Å². The van der Waals surface area contributed by atoms with E-state index in [4.69, 9.17) is 0 Å². The van der Waals surface area contributed by atoms with Crippen LogP contribution in [0.1, 0.15) is 12.2 Å². The van der Waals surface area contributed by atoms with Gasteiger partial charge < -0.3 is 15.2 Å². The number of thioether (sulfide) groups is 1. The van der Waals surface area contributed by atoms with Gasteiger partial charge in [-0.05, 0) is 36.9 Å². The summed E-state index contributed by atoms with van der Waals surface area (Å²) in [6.45, 7) is 0.671. The zero-order valence-corrected chi connectivity index (χ0v) is 15.3. The van der Waals surface area contributed by atoms with Crippen molar-refractivity contribution in [3.8, 4) is 0 Å². The van der Waals surface area contributed by atoms with Crippen molar-refractivity contribution in [1.29, 1.82) is 0 Å². The Morgan fingerprint density at radius 2 is 1.96 bits per heavy atom. The first kappa shape index (κ1) is 17.4. The predicted molar refractivity (Wildman–Crippen MR) is 104 cm³/mol. The molecule has 6 heteroatoms. The maximum Gasteiger partial charge on any atom is 0.321 e. The Kier molecular flexibility index (Phi) is 5.60. The number of rotatable bonds is 6. The van der Waals surface area contributed by atoms with Crippen molar-refractivity contribution in [2.24, 2.45) is 0 Å². The number of hydrogen-bond acceptors (Lipinski definition) is 3. The summed E-state index contributed by atoms with van der Waals surface area (Å²) in [5, 5.41) is 2.97. The molecule has 0 bridgehead atoms. The summed E-state index contributed by atoms with van der Waals surface area (Å²) < 4.78 is 0. The number of nitrogens with one attached hydrogen (secondary N) is 2. The summed E-state index contributed by atoms with van der Waals surface area (Å²) in [4.78, 5) is 23.0. The molecule has 3 rings (SSSR count). The van der Waals surface area contributed by atoms with Crippen molar-refractivity contribution in [3.05, 3.63) is 54.4 Å². The van der Waals surface area contributed by atoms with Gasteiger partial charge in [-0.1, -0.05) is 24.3 Å². The number of para-hydroxylation sites is 3. The number of benzene rings is 2. The minimum absolute atomic E-state index is 0.0916. The molecule has 0 unspecified atom stereocenters. The Morgan fingerprint density at radius 3 is 2.76 bits per heavy atom. The Bertz CT molecular complexity index is 828. The molecule has 2 amide bonds. The molecule has 0 aliphatic heterocycles. The summed E-state index contributed by atoms with van der Waals surface area (Å²) in [6.07, 6.45) is 3.67. The highest BCUT2D eigenvalue weighted by Crippen LogP contribution is 2.24. The molecular weight excluding hydrogens is 332 g/mol. The molecular formula is C19H22N4OS. The minimum atomic E-state index is -0.0916. The van der Waals surface area contributed by atoms with Crippen LogP contribution in [0.3, 0.4) is 0 Å². The summed E-state index contributed by atoms with van der Waals surface area (Å²) in [5.74, 6) is 0.961. The third kappa shape index (κ3) is 4.33. The van der Waals surface area contributed by atoms with E-state index in [1.54, 1.807) is 16.7 Å². The van der Waals surface area contributed by atoms with E-state index in [9.17, 15) is 4.79 Å². The number of carbonyl (C=O) groups is 1. The summed E-state index contributed by atoms with van der Waals surface area (Å²) >= 11 is 1.62. The monoisotopic (exact) mass is 354 g/mol. The number of nitrogens with zero attached hydrogens (tertiary/aromatic N) is 2. The third-order valence-corrected chi connectivity index (χ3v) is 4.84. The molecule has 0 saturated carbocycles. The van der Waals surface area contributed by atoms with Gasteiger partial charge in [-0.3, -0.25) is 0 Å². The lowest BCUT2D eigenvalue weighted by atomic mass is 10.3. The van der Waals surface area contributed by atoms with Crippen LogP contribution in [0.4, 0.5) is 10.5 Å². The molecule has 1 heterocycles. The number of aromatic nitrogens is 2. The predicted octanol–water partition coefficient (Wildman–Crippen LogP) is 4.38. The van der Waals surface area contributed by atoms with Crippen LogP contribution in [-0.2, 0) is 6.42 Å². The van der Waals surface area contributed by atoms with Gasteiger partial charge in [0.15, 0.2) is 0 Å². The van der Waals surface area contributed by atoms with E-state index in [0.717, 1.165) is 40.3 Å². The number of anilines is 1. The maximum atomic E-state index is 12.3. The molecule has 130 valence electrons. The SMILES string of the molecule is CSc1ccccc1NC(=O)N(C)CCCc1nc2ccccc2[nH]1. The van der Waals surface area contributed by atoms with Crippen LogP contribution in [0.5, 0.6) is 0 Å². The van der Waals surface area contributed by atoms with Crippen molar-refractivity contribution in [2.45, 2.75) is 17.7 Å². The molecule has 0 spiro atoms. The molecule has 0 aliphatic carbocycles. The van der Waals surface area contributed by atoms with Crippen LogP contribution >= 0.6 is 11.8 Å². The van der Waals surface area contributed by atoms with Crippen molar-refractivity contribution in [3.63, 3.8) is 0 Å². The largest absolute Gasteiger partial charge is 0.342 e. The number of urea groups is 1. The third-order valence-electron chi connectivity index (χ3n) is 4.04. The average Bonchev–Trinajstić information content (AvgIpc) is 3.04. The lowest BCUT2D eigenvalue weighted by Crippen LogP contribution is -2.32. The van der Waals surface area contributed by atoms with Gasteiger partial charge in [0.25, 0.3) is 0 Å². The maximum absolute atomic E-state index is 12.3. The molecule has 0 radical (unpaired) electrons. The molecule has 0 saturated heterocycles. The minimum Gasteiger partial charge on any atom is -0.342 e. The summed E-state index contributed by atoms with van der Waals surface area (Å²) in [6, 6.07) is 15.7. The Morgan fingerprint density at radius 1 is 1.20 bits per heavy atom. The molecule has 3 aromatic rings. The molecule has 0 aliphatic rings. The number of amides is 2. The van der Waals surface area contributed by atoms with Gasteiger partial charge in [-0.25, -0.2) is 9.78 Å². The van der Waals surface area contributed by atoms with Crippen LogP contribution in [0, 0.1) is 0 Å². The summed E-state index contributed by atoms with van der Waals surface area (Å²) in [7, 11) is 1.82. The van der Waals surface area contributed by atoms with Crippen LogP contribution in [0.15, 0.2) is 53.4 Å². The second-order valence-corrected chi connectivity index (χ2v) is 6.70. The molecule has 25 heavy (non-hydrogen) atoms. The number of hydrogen-bond donors (Lipinski definition) is 2. The lowest BCUT2D eigenvalue weighted by Gasteiger charge is -2.18. The lowest BCUT2D eigenvalue weighted by molar-refractivity contribution is 0.222. The Hall–Kier alpha value is -2.47. The quantitative estimate of drug-likeness (QED) is 0.646. The highest BCUT2D eigenvalue weighted by molar-refractivity contribution is 7.98. The molecule has 2 aromatic carbocycles. The van der Waals surface area contributed by atoms with Gasteiger partial charge in [0, 0.05) is 24.9 Å². The van der Waals surface area contributed by atoms with Crippen LogP contribution in [-0.4, -0.2) is 40.7 Å². The van der Waals surface area contributed by atoms with Crippen molar-refractivity contribution in [2.75, 3.05) is 25.2 Å². The molecule has 1 aromatic heterocycles. The Balaban J connectivity index is 1.51. The number of imidazole rings is 1. The van der Waals surface area contributed by atoms with Crippen LogP contribution in [0.25, 0.3) is 11.0 Å². The van der Waals surface area contributed by atoms with Crippen LogP contribution < -0.4 is 5.32 Å². The van der Waals surface area contributed by atoms with E-state index in [1.807, 2.05) is 61.8 Å². The second kappa shape index (κ2) is 8.07. The summed E-state index contributed by atoms with van der Waals surface area (Å²) in [5.41, 5.74) is 2.89. The number of fused-ring (bicyclic) bond motifs is 1. The number of H-pyrrole nitrogens is 1. The number of carbonyl (C=O) groups excluding carboxylic acids is 1. The Labute approximate surface area is 151 Å². The van der Waals surface area contributed by atoms with Gasteiger partial charge in [-0.2, -0.15) is 0 Å². The first-order valence-electron chi connectivity index (χ1n) is 8.26. The van der Waals surface area contributed by atoms with Gasteiger partial charge in [-0.15, -0.1) is 11.8 Å². The van der Waals surface area contributed by atoms with E-state index in [1.165, 1.54) is 0 Å². The van der Waals surface area contributed by atoms with E-state index in [-0.39, 0.29) is 6.03 Å². The van der Waals surface area contributed by atoms with Crippen LogP contribution in [0.2, 0.25) is 0 Å². The fourth-order valence-electron chi connectivity index (χ4n) is 2.67. The van der Waals surface area contributed by atoms with Gasteiger partial charge in [0.2, 0.25) is 0 Å². The van der Waals surface area contributed by atoms with E-state index in [0.29, 0.717) is 6.54 Å². The van der Waals surface area contributed by atoms with E-state index >= 15 is 0 Å². The van der Waals surface area contributed by atoms with E-state index < -0.39 is 0 Å². The first-order chi connectivity index (χ1) is 12.2. The fraction of sp³-hybridized carbons (Fsp3) is 0.263. The molecule has 5 nitrogen and oxygen atoms in total. The zero-order valence-electron chi connectivity index (χ0n) is 14.5. The van der Waals surface area contributed by atoms with Gasteiger partial charge in [0.1, 0.15) is 5.82 Å².